The van der Waals surface area contributed by atoms with Crippen LogP contribution in [0.2, 0.25) is 0 Å². The fraction of sp³-hybridized carbons (Fsp3) is 0.222. The van der Waals surface area contributed by atoms with Gasteiger partial charge >= 0.3 is 11.9 Å². The summed E-state index contributed by atoms with van der Waals surface area (Å²) >= 11 is 0. The molecule has 126 valence electrons. The van der Waals surface area contributed by atoms with Crippen LogP contribution in [0.1, 0.15) is 23.5 Å². The molecular weight excluding hydrogens is 310 g/mol. The van der Waals surface area contributed by atoms with Crippen molar-refractivity contribution in [3.8, 4) is 0 Å². The van der Waals surface area contributed by atoms with Crippen molar-refractivity contribution in [3.63, 3.8) is 0 Å². The summed E-state index contributed by atoms with van der Waals surface area (Å²) in [5.41, 5.74) is 4.20. The molecule has 6 nitrogen and oxygen atoms in total. The third-order valence-corrected chi connectivity index (χ3v) is 3.60. The number of aliphatic carboxylic acids is 1. The van der Waals surface area contributed by atoms with Gasteiger partial charge in [0.25, 0.3) is 0 Å². The van der Waals surface area contributed by atoms with Crippen molar-refractivity contribution in [2.75, 3.05) is 0 Å². The number of esters is 1. The van der Waals surface area contributed by atoms with Gasteiger partial charge in [-0.2, -0.15) is 0 Å². The van der Waals surface area contributed by atoms with E-state index in [0.717, 1.165) is 5.56 Å². The van der Waals surface area contributed by atoms with Crippen molar-refractivity contribution < 1.29 is 24.5 Å². The van der Waals surface area contributed by atoms with Crippen LogP contribution in [0.3, 0.4) is 0 Å². The van der Waals surface area contributed by atoms with Crippen LogP contribution >= 0.6 is 0 Å². The van der Waals surface area contributed by atoms with E-state index in [4.69, 9.17) is 15.6 Å². The van der Waals surface area contributed by atoms with Crippen LogP contribution in [-0.2, 0) is 20.9 Å². The molecular formula is C18H19NO5. The van der Waals surface area contributed by atoms with E-state index in [9.17, 15) is 14.7 Å². The van der Waals surface area contributed by atoms with E-state index in [1.807, 2.05) is 18.2 Å². The number of carboxylic acids is 1. The molecule has 0 bridgehead atoms. The lowest BCUT2D eigenvalue weighted by Crippen LogP contribution is -2.49. The third kappa shape index (κ3) is 4.65. The van der Waals surface area contributed by atoms with E-state index in [0.29, 0.717) is 5.56 Å². The molecule has 2 aromatic carbocycles. The molecule has 0 radical (unpaired) electrons. The SMILES string of the molecule is N[C@](O)(C[C@@H](C(=O)OCc1ccccc1)c1ccccc1)C(=O)O. The number of hydrogen-bond donors (Lipinski definition) is 3. The molecule has 0 aliphatic carbocycles. The number of carbonyl (C=O) groups is 2. The zero-order valence-corrected chi connectivity index (χ0v) is 13.0. The summed E-state index contributed by atoms with van der Waals surface area (Å²) in [6.07, 6.45) is -0.486. The molecule has 0 saturated heterocycles. The molecule has 2 atom stereocenters. The molecule has 2 aromatic rings. The van der Waals surface area contributed by atoms with Gasteiger partial charge in [-0.25, -0.2) is 4.79 Å². The molecule has 2 rings (SSSR count). The molecule has 0 saturated carbocycles. The summed E-state index contributed by atoms with van der Waals surface area (Å²) in [7, 11) is 0. The molecule has 0 fully saturated rings. The molecule has 0 spiro atoms. The smallest absolute Gasteiger partial charge is 0.351 e. The van der Waals surface area contributed by atoms with Crippen molar-refractivity contribution in [1.29, 1.82) is 0 Å². The topological polar surface area (TPSA) is 110 Å². The number of aliphatic hydroxyl groups is 1. The van der Waals surface area contributed by atoms with Gasteiger partial charge < -0.3 is 14.9 Å². The van der Waals surface area contributed by atoms with Crippen LogP contribution in [0.25, 0.3) is 0 Å². The first kappa shape index (κ1) is 17.7. The van der Waals surface area contributed by atoms with Crippen LogP contribution in [0, 0.1) is 0 Å². The van der Waals surface area contributed by atoms with Crippen molar-refractivity contribution in [1.82, 2.24) is 0 Å². The van der Waals surface area contributed by atoms with Crippen LogP contribution in [0.4, 0.5) is 0 Å². The van der Waals surface area contributed by atoms with Crippen molar-refractivity contribution in [2.45, 2.75) is 24.7 Å². The maximum atomic E-state index is 12.4. The van der Waals surface area contributed by atoms with E-state index < -0.39 is 30.0 Å². The summed E-state index contributed by atoms with van der Waals surface area (Å²) in [4.78, 5) is 23.5. The predicted octanol–water partition coefficient (Wildman–Crippen LogP) is 1.64. The van der Waals surface area contributed by atoms with E-state index in [1.165, 1.54) is 0 Å². The lowest BCUT2D eigenvalue weighted by Gasteiger charge is -2.24. The quantitative estimate of drug-likeness (QED) is 0.526. The zero-order valence-electron chi connectivity index (χ0n) is 13.0. The number of hydrogen-bond acceptors (Lipinski definition) is 5. The minimum absolute atomic E-state index is 0.0546. The molecule has 0 amide bonds. The summed E-state index contributed by atoms with van der Waals surface area (Å²) in [5, 5.41) is 18.8. The van der Waals surface area contributed by atoms with E-state index >= 15 is 0 Å². The largest absolute Gasteiger partial charge is 0.478 e. The fourth-order valence-corrected chi connectivity index (χ4v) is 2.25. The van der Waals surface area contributed by atoms with Gasteiger partial charge in [-0.3, -0.25) is 10.5 Å². The summed E-state index contributed by atoms with van der Waals surface area (Å²) in [5.74, 6) is -3.23. The molecule has 4 N–H and O–H groups in total. The van der Waals surface area contributed by atoms with Gasteiger partial charge in [0.2, 0.25) is 5.72 Å². The van der Waals surface area contributed by atoms with Gasteiger partial charge in [-0.15, -0.1) is 0 Å². The highest BCUT2D eigenvalue weighted by atomic mass is 16.5. The normalized spacial score (nSPS) is 14.4. The highest BCUT2D eigenvalue weighted by Gasteiger charge is 2.38. The highest BCUT2D eigenvalue weighted by Crippen LogP contribution is 2.26. The summed E-state index contributed by atoms with van der Waals surface area (Å²) in [6, 6.07) is 17.6. The van der Waals surface area contributed by atoms with Crippen LogP contribution in [0.15, 0.2) is 60.7 Å². The van der Waals surface area contributed by atoms with Crippen LogP contribution < -0.4 is 5.73 Å². The molecule has 0 heterocycles. The first-order valence-electron chi connectivity index (χ1n) is 7.40. The first-order chi connectivity index (χ1) is 11.4. The molecule has 24 heavy (non-hydrogen) atoms. The van der Waals surface area contributed by atoms with E-state index in [-0.39, 0.29) is 6.61 Å². The predicted molar refractivity (Wildman–Crippen MR) is 86.8 cm³/mol. The van der Waals surface area contributed by atoms with Gasteiger partial charge in [0, 0.05) is 6.42 Å². The Labute approximate surface area is 139 Å². The minimum Gasteiger partial charge on any atom is -0.478 e. The van der Waals surface area contributed by atoms with Gasteiger partial charge in [0.15, 0.2) is 0 Å². The average Bonchev–Trinajstić information content (AvgIpc) is 2.59. The second kappa shape index (κ2) is 7.72. The summed E-state index contributed by atoms with van der Waals surface area (Å²) in [6.45, 7) is 0.0546. The van der Waals surface area contributed by atoms with E-state index in [1.54, 1.807) is 42.5 Å². The molecule has 0 aromatic heterocycles. The van der Waals surface area contributed by atoms with Gasteiger partial charge in [-0.05, 0) is 11.1 Å². The monoisotopic (exact) mass is 329 g/mol. The average molecular weight is 329 g/mol. The summed E-state index contributed by atoms with van der Waals surface area (Å²) < 4.78 is 5.27. The third-order valence-electron chi connectivity index (χ3n) is 3.60. The maximum Gasteiger partial charge on any atom is 0.351 e. The Morgan fingerprint density at radius 3 is 2.12 bits per heavy atom. The number of ether oxygens (including phenoxy) is 1. The Morgan fingerprint density at radius 2 is 1.58 bits per heavy atom. The van der Waals surface area contributed by atoms with Crippen molar-refractivity contribution in [3.05, 3.63) is 71.8 Å². The highest BCUT2D eigenvalue weighted by molar-refractivity contribution is 5.81. The van der Waals surface area contributed by atoms with Crippen molar-refractivity contribution >= 4 is 11.9 Å². The van der Waals surface area contributed by atoms with Gasteiger partial charge in [0.1, 0.15) is 6.61 Å². The van der Waals surface area contributed by atoms with Gasteiger partial charge in [0.05, 0.1) is 5.92 Å². The lowest BCUT2D eigenvalue weighted by atomic mass is 9.90. The number of benzene rings is 2. The van der Waals surface area contributed by atoms with Gasteiger partial charge in [-0.1, -0.05) is 60.7 Å². The Bertz CT molecular complexity index is 685. The Morgan fingerprint density at radius 1 is 1.04 bits per heavy atom. The lowest BCUT2D eigenvalue weighted by molar-refractivity contribution is -0.161. The van der Waals surface area contributed by atoms with Crippen LogP contribution in [-0.4, -0.2) is 27.9 Å². The number of rotatable bonds is 7. The molecule has 0 unspecified atom stereocenters. The minimum atomic E-state index is -2.52. The van der Waals surface area contributed by atoms with Crippen LogP contribution in [0.5, 0.6) is 0 Å². The number of carboxylic acid groups (broad SMARTS) is 1. The Balaban J connectivity index is 2.16. The zero-order chi connectivity index (χ0) is 17.6. The maximum absolute atomic E-state index is 12.4. The Kier molecular flexibility index (Phi) is 5.68. The van der Waals surface area contributed by atoms with E-state index in [2.05, 4.69) is 0 Å². The fourth-order valence-electron chi connectivity index (χ4n) is 2.25. The number of carbonyl (C=O) groups excluding carboxylic acids is 1. The second-order valence-electron chi connectivity index (χ2n) is 5.49. The molecule has 6 heteroatoms. The number of nitrogens with two attached hydrogens (primary N) is 1. The molecule has 0 aliphatic heterocycles. The first-order valence-corrected chi connectivity index (χ1v) is 7.40. The van der Waals surface area contributed by atoms with Crippen molar-refractivity contribution in [2.24, 2.45) is 5.73 Å². The second-order valence-corrected chi connectivity index (χ2v) is 5.49. The molecule has 0 aliphatic rings. The Hall–Kier alpha value is -2.70. The standard InChI is InChI=1S/C18H19NO5/c19-18(23,17(21)22)11-15(14-9-5-2-6-10-14)16(20)24-12-13-7-3-1-4-8-13/h1-10,15,23H,11-12,19H2,(H,21,22)/t15-,18+/m1/s1.